The molecule has 0 aliphatic heterocycles. The van der Waals surface area contributed by atoms with Gasteiger partial charge in [-0.2, -0.15) is 0 Å². The molecule has 0 aromatic rings. The van der Waals surface area contributed by atoms with Crippen molar-refractivity contribution in [3.63, 3.8) is 0 Å². The molecule has 3 N–H and O–H groups in total. The van der Waals surface area contributed by atoms with Crippen LogP contribution in [0.3, 0.4) is 0 Å². The second-order valence-corrected chi connectivity index (χ2v) is 15.2. The fraction of sp³-hybridized carbons (Fsp3) is 0.857. The Balaban J connectivity index is 5.88. The van der Waals surface area contributed by atoms with Crippen molar-refractivity contribution >= 4 is 26.3 Å². The minimum Gasteiger partial charge on any atom is -0.480 e. The zero-order chi connectivity index (χ0) is 24.0. The van der Waals surface area contributed by atoms with Crippen LogP contribution in [0.4, 0.5) is 4.79 Å². The van der Waals surface area contributed by atoms with E-state index in [0.717, 1.165) is 0 Å². The molecule has 176 valence electrons. The Morgan fingerprint density at radius 1 is 0.833 bits per heavy atom. The van der Waals surface area contributed by atoms with Crippen molar-refractivity contribution in [2.75, 3.05) is 0 Å². The van der Waals surface area contributed by atoms with E-state index in [1.54, 1.807) is 27.7 Å². The Hall–Kier alpha value is -1.61. The number of carbonyl (C=O) groups is 3. The van der Waals surface area contributed by atoms with Gasteiger partial charge in [-0.1, -0.05) is 41.5 Å². The number of alkyl carbamates (subject to hydrolysis) is 1. The maximum absolute atomic E-state index is 12.9. The number of ether oxygens (including phenoxy) is 1. The summed E-state index contributed by atoms with van der Waals surface area (Å²) in [6, 6.07) is -2.19. The molecule has 9 heteroatoms. The molecule has 0 unspecified atom stereocenters. The number of aliphatic carboxylic acids is 1. The highest BCUT2D eigenvalue weighted by molar-refractivity contribution is 6.77. The first-order chi connectivity index (χ1) is 13.5. The number of carboxylic acids is 1. The number of rotatable bonds is 10. The fourth-order valence-electron chi connectivity index (χ4n) is 3.99. The second kappa shape index (κ2) is 11.1. The first kappa shape index (κ1) is 28.4. The summed E-state index contributed by atoms with van der Waals surface area (Å²) in [5, 5.41) is 14.2. The van der Waals surface area contributed by atoms with Gasteiger partial charge in [-0.05, 0) is 51.2 Å². The molecule has 0 aromatic heterocycles. The lowest BCUT2D eigenvalue weighted by atomic mass is 10.1. The third-order valence-electron chi connectivity index (χ3n) is 5.25. The van der Waals surface area contributed by atoms with Crippen LogP contribution in [0.2, 0.25) is 16.6 Å². The number of nitrogens with one attached hydrogen (secondary N) is 2. The van der Waals surface area contributed by atoms with Crippen LogP contribution in [0.15, 0.2) is 0 Å². The number of amides is 2. The maximum atomic E-state index is 12.9. The normalized spacial score (nSPS) is 15.7. The first-order valence-corrected chi connectivity index (χ1v) is 12.8. The summed E-state index contributed by atoms with van der Waals surface area (Å²) in [7, 11) is -2.35. The van der Waals surface area contributed by atoms with Crippen molar-refractivity contribution in [2.45, 2.75) is 117 Å². The van der Waals surface area contributed by atoms with Gasteiger partial charge in [0.2, 0.25) is 14.2 Å². The number of carboxylic acid groups (broad SMARTS) is 1. The Morgan fingerprint density at radius 2 is 1.27 bits per heavy atom. The lowest BCUT2D eigenvalue weighted by Gasteiger charge is -2.45. The molecule has 0 fully saturated rings. The van der Waals surface area contributed by atoms with E-state index in [2.05, 4.69) is 52.2 Å². The van der Waals surface area contributed by atoms with Crippen LogP contribution in [0.5, 0.6) is 0 Å². The second-order valence-electron chi connectivity index (χ2n) is 9.83. The largest absolute Gasteiger partial charge is 0.480 e. The van der Waals surface area contributed by atoms with Gasteiger partial charge in [-0.15, -0.1) is 0 Å². The first-order valence-electron chi connectivity index (χ1n) is 10.7. The highest BCUT2D eigenvalue weighted by atomic mass is 28.4. The lowest BCUT2D eigenvalue weighted by Crippen LogP contribution is -2.60. The van der Waals surface area contributed by atoms with Crippen molar-refractivity contribution in [3.05, 3.63) is 0 Å². The average molecular weight is 447 g/mol. The molecule has 0 spiro atoms. The monoisotopic (exact) mass is 446 g/mol. The van der Waals surface area contributed by atoms with Gasteiger partial charge < -0.3 is 24.9 Å². The van der Waals surface area contributed by atoms with Crippen molar-refractivity contribution < 1.29 is 28.7 Å². The maximum Gasteiger partial charge on any atom is 0.408 e. The summed E-state index contributed by atoms with van der Waals surface area (Å²) in [5.41, 5.74) is 0.102. The molecule has 2 amide bonds. The molecule has 0 aliphatic carbocycles. The molecule has 0 heterocycles. The summed E-state index contributed by atoms with van der Waals surface area (Å²) < 4.78 is 11.9. The standard InChI is InChI=1S/C21H42N2O6Si/c1-12(2)30(13(3)4,14(5)6)29-16(8)17(18(24)22-15(7)19(25)26)23-20(27)28-21(9,10)11/h12-17H,1-11H3,(H,22,24)(H,23,27)(H,25,26)/t15-,16+,17+/m0/s1. The Bertz CT molecular complexity index is 579. The number of hydrogen-bond acceptors (Lipinski definition) is 5. The third-order valence-corrected chi connectivity index (χ3v) is 11.4. The van der Waals surface area contributed by atoms with E-state index in [1.807, 2.05) is 0 Å². The summed E-state index contributed by atoms with van der Waals surface area (Å²) >= 11 is 0. The molecule has 0 rings (SSSR count). The van der Waals surface area contributed by atoms with Crippen molar-refractivity contribution in [2.24, 2.45) is 0 Å². The van der Waals surface area contributed by atoms with Crippen molar-refractivity contribution in [1.29, 1.82) is 0 Å². The Labute approximate surface area is 182 Å². The summed E-state index contributed by atoms with van der Waals surface area (Å²) in [6.07, 6.45) is -1.43. The molecule has 0 aromatic carbocycles. The zero-order valence-corrected chi connectivity index (χ0v) is 21.5. The van der Waals surface area contributed by atoms with E-state index in [0.29, 0.717) is 0 Å². The van der Waals surface area contributed by atoms with Crippen LogP contribution in [-0.4, -0.2) is 55.2 Å². The van der Waals surface area contributed by atoms with Crippen LogP contribution in [0.25, 0.3) is 0 Å². The molecule has 30 heavy (non-hydrogen) atoms. The van der Waals surface area contributed by atoms with E-state index in [9.17, 15) is 14.4 Å². The summed E-state index contributed by atoms with van der Waals surface area (Å²) in [5.74, 6) is -1.79. The highest BCUT2D eigenvalue weighted by Crippen LogP contribution is 2.43. The van der Waals surface area contributed by atoms with Crippen LogP contribution in [0.1, 0.15) is 76.2 Å². The van der Waals surface area contributed by atoms with Gasteiger partial charge >= 0.3 is 12.1 Å². The van der Waals surface area contributed by atoms with Gasteiger partial charge in [-0.25, -0.2) is 4.79 Å². The molecule has 3 atom stereocenters. The topological polar surface area (TPSA) is 114 Å². The minimum absolute atomic E-state index is 0.281. The fourth-order valence-corrected chi connectivity index (χ4v) is 9.59. The molecule has 0 radical (unpaired) electrons. The van der Waals surface area contributed by atoms with Crippen molar-refractivity contribution in [1.82, 2.24) is 10.6 Å². The molecule has 0 bridgehead atoms. The van der Waals surface area contributed by atoms with Gasteiger partial charge in [0, 0.05) is 0 Å². The predicted octanol–water partition coefficient (Wildman–Crippen LogP) is 4.05. The number of hydrogen-bond donors (Lipinski definition) is 3. The van der Waals surface area contributed by atoms with Gasteiger partial charge in [0.05, 0.1) is 6.10 Å². The molecular weight excluding hydrogens is 404 g/mol. The predicted molar refractivity (Wildman–Crippen MR) is 120 cm³/mol. The van der Waals surface area contributed by atoms with E-state index in [-0.39, 0.29) is 16.6 Å². The van der Waals surface area contributed by atoms with Gasteiger partial charge in [-0.3, -0.25) is 9.59 Å². The average Bonchev–Trinajstić information content (AvgIpc) is 2.54. The van der Waals surface area contributed by atoms with Gasteiger partial charge in [0.1, 0.15) is 17.7 Å². The lowest BCUT2D eigenvalue weighted by molar-refractivity contribution is -0.142. The van der Waals surface area contributed by atoms with Crippen molar-refractivity contribution in [3.8, 4) is 0 Å². The van der Waals surface area contributed by atoms with Crippen LogP contribution in [-0.2, 0) is 18.8 Å². The van der Waals surface area contributed by atoms with E-state index < -0.39 is 50.1 Å². The number of carbonyl (C=O) groups excluding carboxylic acids is 2. The van der Waals surface area contributed by atoms with E-state index in [4.69, 9.17) is 14.3 Å². The van der Waals surface area contributed by atoms with Crippen LogP contribution >= 0.6 is 0 Å². The molecule has 0 saturated carbocycles. The van der Waals surface area contributed by atoms with Gasteiger partial charge in [0.25, 0.3) is 0 Å². The summed E-state index contributed by atoms with van der Waals surface area (Å²) in [6.45, 7) is 21.0. The molecular formula is C21H42N2O6Si. The van der Waals surface area contributed by atoms with Crippen LogP contribution in [0, 0.1) is 0 Å². The third kappa shape index (κ3) is 7.90. The van der Waals surface area contributed by atoms with Crippen LogP contribution < -0.4 is 10.6 Å². The van der Waals surface area contributed by atoms with E-state index in [1.165, 1.54) is 6.92 Å². The highest BCUT2D eigenvalue weighted by Gasteiger charge is 2.48. The molecule has 8 nitrogen and oxygen atoms in total. The quantitative estimate of drug-likeness (QED) is 0.436. The zero-order valence-electron chi connectivity index (χ0n) is 20.5. The molecule has 0 saturated heterocycles. The minimum atomic E-state index is -2.35. The Morgan fingerprint density at radius 3 is 1.60 bits per heavy atom. The smallest absolute Gasteiger partial charge is 0.408 e. The summed E-state index contributed by atoms with van der Waals surface area (Å²) in [4.78, 5) is 36.5. The Kier molecular flexibility index (Phi) is 10.5. The van der Waals surface area contributed by atoms with E-state index >= 15 is 0 Å². The van der Waals surface area contributed by atoms with Gasteiger partial charge in [0.15, 0.2) is 0 Å². The molecule has 0 aliphatic rings. The SMILES string of the molecule is CC(C)[Si](O[C@H](C)[C@@H](NC(=O)OC(C)(C)C)C(=O)N[C@@H](C)C(=O)O)(C(C)C)C(C)C.